The van der Waals surface area contributed by atoms with Crippen molar-refractivity contribution in [1.29, 1.82) is 0 Å². The number of alkyl halides is 3. The van der Waals surface area contributed by atoms with Crippen LogP contribution in [0.4, 0.5) is 13.2 Å². The summed E-state index contributed by atoms with van der Waals surface area (Å²) in [5.41, 5.74) is 5.80. The highest BCUT2D eigenvalue weighted by atomic mass is 127. The van der Waals surface area contributed by atoms with Gasteiger partial charge >= 0.3 is 6.36 Å². The molecule has 0 aliphatic carbocycles. The van der Waals surface area contributed by atoms with Gasteiger partial charge in [-0.1, -0.05) is 18.2 Å². The summed E-state index contributed by atoms with van der Waals surface area (Å²) >= 11 is 0. The predicted molar refractivity (Wildman–Crippen MR) is 77.5 cm³/mol. The Morgan fingerprint density at radius 1 is 1.37 bits per heavy atom. The number of nitrogens with zero attached hydrogens (tertiary/aromatic N) is 1. The van der Waals surface area contributed by atoms with Crippen LogP contribution >= 0.6 is 24.0 Å². The summed E-state index contributed by atoms with van der Waals surface area (Å²) < 4.78 is 40.3. The normalized spacial score (nSPS) is 11.7. The highest BCUT2D eigenvalue weighted by molar-refractivity contribution is 14.0. The lowest BCUT2D eigenvalue weighted by atomic mass is 10.2. The predicted octanol–water partition coefficient (Wildman–Crippen LogP) is 2.63. The van der Waals surface area contributed by atoms with Crippen molar-refractivity contribution in [1.82, 2.24) is 5.32 Å². The molecular formula is C11H15F3IN3O. The summed E-state index contributed by atoms with van der Waals surface area (Å²) in [6, 6.07) is 5.81. The van der Waals surface area contributed by atoms with Crippen molar-refractivity contribution in [2.45, 2.75) is 19.8 Å². The van der Waals surface area contributed by atoms with Crippen LogP contribution in [0.2, 0.25) is 0 Å². The number of aliphatic imine (C=N–C) groups is 1. The third-order valence-corrected chi connectivity index (χ3v) is 1.98. The maximum atomic E-state index is 12.1. The Kier molecular flexibility index (Phi) is 7.57. The molecule has 0 aromatic heterocycles. The molecule has 0 saturated heterocycles. The summed E-state index contributed by atoms with van der Waals surface area (Å²) in [6.07, 6.45) is -4.72. The third kappa shape index (κ3) is 7.09. The maximum Gasteiger partial charge on any atom is 0.573 e. The monoisotopic (exact) mass is 389 g/mol. The molecule has 1 aromatic rings. The zero-order valence-corrected chi connectivity index (χ0v) is 12.5. The Morgan fingerprint density at radius 2 is 2.00 bits per heavy atom. The lowest BCUT2D eigenvalue weighted by molar-refractivity contribution is -0.274. The molecule has 108 valence electrons. The summed E-state index contributed by atoms with van der Waals surface area (Å²) in [7, 11) is 0. The topological polar surface area (TPSA) is 59.6 Å². The average molecular weight is 389 g/mol. The molecule has 3 N–H and O–H groups in total. The minimum absolute atomic E-state index is 0. The first kappa shape index (κ1) is 17.8. The Morgan fingerprint density at radius 3 is 2.58 bits per heavy atom. The van der Waals surface area contributed by atoms with Gasteiger partial charge in [0.05, 0.1) is 6.54 Å². The van der Waals surface area contributed by atoms with Crippen LogP contribution in [-0.4, -0.2) is 18.9 Å². The minimum Gasteiger partial charge on any atom is -0.405 e. The van der Waals surface area contributed by atoms with E-state index in [9.17, 15) is 13.2 Å². The number of halogens is 4. The van der Waals surface area contributed by atoms with Crippen molar-refractivity contribution >= 4 is 29.9 Å². The van der Waals surface area contributed by atoms with E-state index < -0.39 is 6.36 Å². The second-order valence-electron chi connectivity index (χ2n) is 3.39. The zero-order chi connectivity index (χ0) is 13.6. The van der Waals surface area contributed by atoms with Crippen molar-refractivity contribution in [2.24, 2.45) is 10.7 Å². The van der Waals surface area contributed by atoms with Gasteiger partial charge in [-0.05, 0) is 13.0 Å². The van der Waals surface area contributed by atoms with E-state index in [2.05, 4.69) is 15.0 Å². The first-order valence-electron chi connectivity index (χ1n) is 5.30. The second-order valence-corrected chi connectivity index (χ2v) is 3.39. The number of nitrogens with two attached hydrogens (primary N) is 1. The number of para-hydroxylation sites is 1. The van der Waals surface area contributed by atoms with Gasteiger partial charge in [0.1, 0.15) is 5.75 Å². The van der Waals surface area contributed by atoms with Crippen molar-refractivity contribution < 1.29 is 17.9 Å². The fourth-order valence-corrected chi connectivity index (χ4v) is 1.27. The Bertz CT molecular complexity index is 424. The van der Waals surface area contributed by atoms with E-state index in [1.807, 2.05) is 6.92 Å². The molecule has 0 radical (unpaired) electrons. The van der Waals surface area contributed by atoms with Crippen molar-refractivity contribution in [3.05, 3.63) is 29.8 Å². The molecule has 0 fully saturated rings. The maximum absolute atomic E-state index is 12.1. The summed E-state index contributed by atoms with van der Waals surface area (Å²) in [5.74, 6) is -0.0858. The van der Waals surface area contributed by atoms with Crippen LogP contribution in [-0.2, 0) is 6.54 Å². The quantitative estimate of drug-likeness (QED) is 0.473. The van der Waals surface area contributed by atoms with Gasteiger partial charge in [0.2, 0.25) is 0 Å². The molecule has 19 heavy (non-hydrogen) atoms. The van der Waals surface area contributed by atoms with Crippen LogP contribution < -0.4 is 15.8 Å². The molecule has 1 rings (SSSR count). The summed E-state index contributed by atoms with van der Waals surface area (Å²) in [6.45, 7) is 2.45. The molecule has 0 bridgehead atoms. The molecule has 0 aliphatic rings. The molecule has 1 aromatic carbocycles. The van der Waals surface area contributed by atoms with Gasteiger partial charge in [-0.2, -0.15) is 0 Å². The van der Waals surface area contributed by atoms with E-state index >= 15 is 0 Å². The van der Waals surface area contributed by atoms with Crippen LogP contribution in [0.1, 0.15) is 12.5 Å². The molecule has 0 spiro atoms. The standard InChI is InChI=1S/C11H14F3N3O.HI/c1-2-16-10(15)17-7-8-5-3-4-6-9(8)18-11(12,13)14;/h3-6H,2,7H2,1H3,(H3,15,16,17);1H. The molecule has 0 unspecified atom stereocenters. The van der Waals surface area contributed by atoms with Crippen LogP contribution in [0, 0.1) is 0 Å². The van der Waals surface area contributed by atoms with Gasteiger partial charge < -0.3 is 15.8 Å². The van der Waals surface area contributed by atoms with Gasteiger partial charge in [0.25, 0.3) is 0 Å². The number of guanidine groups is 1. The molecule has 0 amide bonds. The van der Waals surface area contributed by atoms with E-state index in [1.54, 1.807) is 6.07 Å². The van der Waals surface area contributed by atoms with Crippen LogP contribution in [0.5, 0.6) is 5.75 Å². The van der Waals surface area contributed by atoms with Gasteiger partial charge in [-0.25, -0.2) is 4.99 Å². The third-order valence-electron chi connectivity index (χ3n) is 1.98. The van der Waals surface area contributed by atoms with Gasteiger partial charge in [-0.3, -0.25) is 0 Å². The highest BCUT2D eigenvalue weighted by Gasteiger charge is 2.31. The van der Waals surface area contributed by atoms with Crippen molar-refractivity contribution in [3.63, 3.8) is 0 Å². The highest BCUT2D eigenvalue weighted by Crippen LogP contribution is 2.26. The first-order valence-corrected chi connectivity index (χ1v) is 5.30. The largest absolute Gasteiger partial charge is 0.573 e. The fourth-order valence-electron chi connectivity index (χ4n) is 1.27. The smallest absolute Gasteiger partial charge is 0.405 e. The molecule has 8 heteroatoms. The molecule has 0 aliphatic heterocycles. The second kappa shape index (κ2) is 8.08. The number of hydrogen-bond donors (Lipinski definition) is 2. The van der Waals surface area contributed by atoms with Crippen molar-refractivity contribution in [2.75, 3.05) is 6.54 Å². The number of ether oxygens (including phenoxy) is 1. The Balaban J connectivity index is 0.00000324. The molecule has 4 nitrogen and oxygen atoms in total. The van der Waals surface area contributed by atoms with Gasteiger partial charge in [0, 0.05) is 12.1 Å². The molecular weight excluding hydrogens is 374 g/mol. The number of benzene rings is 1. The zero-order valence-electron chi connectivity index (χ0n) is 10.2. The van der Waals surface area contributed by atoms with E-state index in [1.165, 1.54) is 18.2 Å². The van der Waals surface area contributed by atoms with E-state index in [0.717, 1.165) is 0 Å². The van der Waals surface area contributed by atoms with Gasteiger partial charge in [-0.15, -0.1) is 37.1 Å². The molecule has 0 heterocycles. The number of rotatable bonds is 4. The Hall–Kier alpha value is -1.19. The van der Waals surface area contributed by atoms with Crippen molar-refractivity contribution in [3.8, 4) is 5.75 Å². The van der Waals surface area contributed by atoms with Crippen LogP contribution in [0.3, 0.4) is 0 Å². The lowest BCUT2D eigenvalue weighted by Gasteiger charge is -2.12. The summed E-state index contributed by atoms with van der Waals surface area (Å²) in [4.78, 5) is 3.91. The molecule has 0 saturated carbocycles. The van der Waals surface area contributed by atoms with Crippen LogP contribution in [0.15, 0.2) is 29.3 Å². The van der Waals surface area contributed by atoms with E-state index in [0.29, 0.717) is 12.1 Å². The first-order chi connectivity index (χ1) is 8.42. The van der Waals surface area contributed by atoms with E-state index in [-0.39, 0.29) is 42.2 Å². The fraction of sp³-hybridized carbons (Fsp3) is 0.364. The minimum atomic E-state index is -4.72. The Labute approximate surface area is 126 Å². The number of nitrogens with one attached hydrogen (secondary N) is 1. The van der Waals surface area contributed by atoms with Gasteiger partial charge in [0.15, 0.2) is 5.96 Å². The lowest BCUT2D eigenvalue weighted by Crippen LogP contribution is -2.31. The average Bonchev–Trinajstić information content (AvgIpc) is 2.26. The number of hydrogen-bond acceptors (Lipinski definition) is 2. The molecule has 0 atom stereocenters. The summed E-state index contributed by atoms with van der Waals surface area (Å²) in [5, 5.41) is 2.75. The van der Waals surface area contributed by atoms with Crippen LogP contribution in [0.25, 0.3) is 0 Å². The SMILES string of the molecule is CCNC(N)=NCc1ccccc1OC(F)(F)F.I. The van der Waals surface area contributed by atoms with E-state index in [4.69, 9.17) is 5.73 Å².